The normalized spacial score (nSPS) is 11.4. The van der Waals surface area contributed by atoms with Crippen LogP contribution in [0.5, 0.6) is 0 Å². The molecule has 0 saturated heterocycles. The molecule has 0 aromatic carbocycles. The summed E-state index contributed by atoms with van der Waals surface area (Å²) in [4.78, 5) is 0. The molecule has 0 saturated carbocycles. The van der Waals surface area contributed by atoms with Crippen LogP contribution in [-0.2, 0) is 0 Å². The fourth-order valence-electron chi connectivity index (χ4n) is 0.611. The first-order valence-electron chi connectivity index (χ1n) is 3.74. The quantitative estimate of drug-likeness (QED) is 0.410. The SMILES string of the molecule is C=C(C)/C=C\C/C=C\CC. The fraction of sp³-hybridized carbons (Fsp3) is 0.400. The minimum Gasteiger partial charge on any atom is -0.0961 e. The smallest absolute Gasteiger partial charge is 0.0166 e. The van der Waals surface area contributed by atoms with Crippen LogP contribution in [0.3, 0.4) is 0 Å². The van der Waals surface area contributed by atoms with Crippen molar-refractivity contribution < 1.29 is 0 Å². The molecular formula is C10H16. The second-order valence-electron chi connectivity index (χ2n) is 2.36. The standard InChI is InChI=1S/C10H16/c1-4-5-6-7-8-9-10(2)3/h5-6,8-9H,2,4,7H2,1,3H3/b6-5-,9-8-. The van der Waals surface area contributed by atoms with E-state index in [1.54, 1.807) is 0 Å². The molecule has 10 heavy (non-hydrogen) atoms. The third kappa shape index (κ3) is 7.22. The Morgan fingerprint density at radius 2 is 2.00 bits per heavy atom. The van der Waals surface area contributed by atoms with Crippen molar-refractivity contribution in [1.82, 2.24) is 0 Å². The van der Waals surface area contributed by atoms with Crippen LogP contribution in [0.15, 0.2) is 36.5 Å². The van der Waals surface area contributed by atoms with Gasteiger partial charge in [-0.2, -0.15) is 0 Å². The van der Waals surface area contributed by atoms with Crippen LogP contribution in [0.4, 0.5) is 0 Å². The summed E-state index contributed by atoms with van der Waals surface area (Å²) in [6.45, 7) is 7.90. The Hall–Kier alpha value is -0.780. The Balaban J connectivity index is 3.35. The van der Waals surface area contributed by atoms with E-state index in [-0.39, 0.29) is 0 Å². The Labute approximate surface area is 64.0 Å². The Morgan fingerprint density at radius 1 is 1.30 bits per heavy atom. The van der Waals surface area contributed by atoms with Gasteiger partial charge in [0.25, 0.3) is 0 Å². The molecule has 0 nitrogen and oxygen atoms in total. The minimum absolute atomic E-state index is 1.03. The van der Waals surface area contributed by atoms with Gasteiger partial charge in [0.2, 0.25) is 0 Å². The highest BCUT2D eigenvalue weighted by molar-refractivity contribution is 5.11. The van der Waals surface area contributed by atoms with Crippen LogP contribution in [0, 0.1) is 0 Å². The molecule has 0 N–H and O–H groups in total. The third-order valence-corrected chi connectivity index (χ3v) is 1.08. The van der Waals surface area contributed by atoms with E-state index in [0.29, 0.717) is 0 Å². The highest BCUT2D eigenvalue weighted by atomic mass is 13.8. The minimum atomic E-state index is 1.03. The van der Waals surface area contributed by atoms with Gasteiger partial charge in [-0.25, -0.2) is 0 Å². The average molecular weight is 136 g/mol. The average Bonchev–Trinajstić information content (AvgIpc) is 1.87. The van der Waals surface area contributed by atoms with Gasteiger partial charge in [-0.1, -0.05) is 43.4 Å². The van der Waals surface area contributed by atoms with Crippen molar-refractivity contribution in [2.45, 2.75) is 26.7 Å². The molecule has 0 spiro atoms. The van der Waals surface area contributed by atoms with Crippen molar-refractivity contribution in [3.63, 3.8) is 0 Å². The summed E-state index contributed by atoms with van der Waals surface area (Å²) in [6, 6.07) is 0. The number of rotatable bonds is 4. The molecule has 0 unspecified atom stereocenters. The lowest BCUT2D eigenvalue weighted by atomic mass is 10.2. The van der Waals surface area contributed by atoms with Crippen LogP contribution >= 0.6 is 0 Å². The van der Waals surface area contributed by atoms with Gasteiger partial charge in [-0.05, 0) is 19.8 Å². The molecule has 0 atom stereocenters. The molecule has 56 valence electrons. The van der Waals surface area contributed by atoms with Crippen molar-refractivity contribution in [2.24, 2.45) is 0 Å². The molecule has 0 heteroatoms. The predicted octanol–water partition coefficient (Wildman–Crippen LogP) is 3.48. The lowest BCUT2D eigenvalue weighted by Gasteiger charge is -1.83. The van der Waals surface area contributed by atoms with Crippen LogP contribution < -0.4 is 0 Å². The van der Waals surface area contributed by atoms with E-state index in [1.807, 2.05) is 13.0 Å². The predicted molar refractivity (Wildman–Crippen MR) is 48.0 cm³/mol. The molecule has 0 bridgehead atoms. The van der Waals surface area contributed by atoms with Gasteiger partial charge in [-0.15, -0.1) is 0 Å². The lowest BCUT2D eigenvalue weighted by molar-refractivity contribution is 1.20. The van der Waals surface area contributed by atoms with Crippen molar-refractivity contribution >= 4 is 0 Å². The topological polar surface area (TPSA) is 0 Å². The molecule has 0 aliphatic rings. The Morgan fingerprint density at radius 3 is 2.50 bits per heavy atom. The maximum Gasteiger partial charge on any atom is -0.0166 e. The summed E-state index contributed by atoms with van der Waals surface area (Å²) < 4.78 is 0. The highest BCUT2D eigenvalue weighted by Crippen LogP contribution is 1.93. The third-order valence-electron chi connectivity index (χ3n) is 1.08. The number of hydrogen-bond donors (Lipinski definition) is 0. The van der Waals surface area contributed by atoms with Gasteiger partial charge in [0, 0.05) is 0 Å². The molecule has 0 rings (SSSR count). The Bertz CT molecular complexity index is 138. The summed E-state index contributed by atoms with van der Waals surface area (Å²) in [5.41, 5.74) is 1.12. The summed E-state index contributed by atoms with van der Waals surface area (Å²) in [5, 5.41) is 0. The van der Waals surface area contributed by atoms with E-state index in [0.717, 1.165) is 18.4 Å². The zero-order chi connectivity index (χ0) is 7.82. The molecule has 0 heterocycles. The number of allylic oxidation sites excluding steroid dienone is 5. The van der Waals surface area contributed by atoms with E-state index in [4.69, 9.17) is 0 Å². The summed E-state index contributed by atoms with van der Waals surface area (Å²) in [7, 11) is 0. The van der Waals surface area contributed by atoms with Crippen LogP contribution in [0.2, 0.25) is 0 Å². The molecule has 0 aliphatic heterocycles. The summed E-state index contributed by atoms with van der Waals surface area (Å²) in [6.07, 6.45) is 10.7. The van der Waals surface area contributed by atoms with E-state index in [2.05, 4.69) is 31.7 Å². The molecule has 0 fully saturated rings. The van der Waals surface area contributed by atoms with Crippen molar-refractivity contribution in [1.29, 1.82) is 0 Å². The van der Waals surface area contributed by atoms with E-state index < -0.39 is 0 Å². The van der Waals surface area contributed by atoms with Gasteiger partial charge < -0.3 is 0 Å². The summed E-state index contributed by atoms with van der Waals surface area (Å²) in [5.74, 6) is 0. The Kier molecular flexibility index (Phi) is 5.85. The largest absolute Gasteiger partial charge is 0.0961 e. The second-order valence-corrected chi connectivity index (χ2v) is 2.36. The van der Waals surface area contributed by atoms with E-state index in [9.17, 15) is 0 Å². The van der Waals surface area contributed by atoms with Crippen LogP contribution in [0.25, 0.3) is 0 Å². The van der Waals surface area contributed by atoms with Gasteiger partial charge in [0.1, 0.15) is 0 Å². The second kappa shape index (κ2) is 6.34. The van der Waals surface area contributed by atoms with Crippen LogP contribution in [-0.4, -0.2) is 0 Å². The van der Waals surface area contributed by atoms with Crippen LogP contribution in [0.1, 0.15) is 26.7 Å². The monoisotopic (exact) mass is 136 g/mol. The zero-order valence-corrected chi connectivity index (χ0v) is 6.93. The molecular weight excluding hydrogens is 120 g/mol. The molecule has 0 aromatic rings. The van der Waals surface area contributed by atoms with Gasteiger partial charge in [0.15, 0.2) is 0 Å². The highest BCUT2D eigenvalue weighted by Gasteiger charge is 1.72. The van der Waals surface area contributed by atoms with Crippen molar-refractivity contribution in [3.05, 3.63) is 36.5 Å². The first-order valence-corrected chi connectivity index (χ1v) is 3.74. The van der Waals surface area contributed by atoms with Crippen molar-refractivity contribution in [3.8, 4) is 0 Å². The first kappa shape index (κ1) is 9.22. The molecule has 0 radical (unpaired) electrons. The van der Waals surface area contributed by atoms with Crippen molar-refractivity contribution in [2.75, 3.05) is 0 Å². The fourth-order valence-corrected chi connectivity index (χ4v) is 0.611. The lowest BCUT2D eigenvalue weighted by Crippen LogP contribution is -1.62. The maximum absolute atomic E-state index is 3.76. The maximum atomic E-state index is 3.76. The van der Waals surface area contributed by atoms with E-state index >= 15 is 0 Å². The van der Waals surface area contributed by atoms with E-state index in [1.165, 1.54) is 0 Å². The zero-order valence-electron chi connectivity index (χ0n) is 6.93. The number of hydrogen-bond acceptors (Lipinski definition) is 0. The summed E-state index contributed by atoms with van der Waals surface area (Å²) >= 11 is 0. The molecule has 0 amide bonds. The first-order chi connectivity index (χ1) is 4.77. The van der Waals surface area contributed by atoms with Gasteiger partial charge in [-0.3, -0.25) is 0 Å². The van der Waals surface area contributed by atoms with Gasteiger partial charge in [0.05, 0.1) is 0 Å². The molecule has 0 aromatic heterocycles. The molecule has 0 aliphatic carbocycles. The van der Waals surface area contributed by atoms with Gasteiger partial charge >= 0.3 is 0 Å².